The van der Waals surface area contributed by atoms with Gasteiger partial charge in [-0.3, -0.25) is 29.4 Å². The maximum atomic E-state index is 11.8. The number of imide groups is 2. The largest absolute Gasteiger partial charge is 0.299 e. The molecule has 1 aliphatic rings. The van der Waals surface area contributed by atoms with E-state index in [4.69, 9.17) is 0 Å². The minimum Gasteiger partial charge on any atom is -0.299 e. The highest BCUT2D eigenvalue weighted by atomic mass is 16.2. The van der Waals surface area contributed by atoms with Gasteiger partial charge in [0, 0.05) is 13.5 Å². The number of hydrogen-bond donors (Lipinski definition) is 1. The molecule has 0 aliphatic carbocycles. The van der Waals surface area contributed by atoms with E-state index >= 15 is 0 Å². The summed E-state index contributed by atoms with van der Waals surface area (Å²) in [6, 6.07) is 5.50. The van der Waals surface area contributed by atoms with Crippen molar-refractivity contribution in [3.8, 4) is 0 Å². The number of nitrogens with one attached hydrogen (secondary N) is 1. The van der Waals surface area contributed by atoms with Crippen LogP contribution in [0.2, 0.25) is 0 Å². The van der Waals surface area contributed by atoms with Gasteiger partial charge in [-0.25, -0.2) is 0 Å². The Labute approximate surface area is 148 Å². The standard InChI is InChI=1S/C13H15NO2.C6H11NO2/c1-13(2,3)8-5-6-9-10(7-8)12(16)14(4)11(9)15;1-2-3-4-6(9)7-5-8/h5-7H,1-4H3;5H,2-4H2,1H3,(H,7,8,9). The number of nitrogens with zero attached hydrogens (tertiary/aromatic N) is 1. The summed E-state index contributed by atoms with van der Waals surface area (Å²) in [5.74, 6) is -0.599. The predicted molar refractivity (Wildman–Crippen MR) is 95.3 cm³/mol. The molecule has 0 atom stereocenters. The van der Waals surface area contributed by atoms with Gasteiger partial charge in [0.2, 0.25) is 12.3 Å². The molecule has 0 aromatic heterocycles. The molecule has 0 bridgehead atoms. The number of benzene rings is 1. The minimum atomic E-state index is -0.208. The molecule has 0 fully saturated rings. The van der Waals surface area contributed by atoms with Crippen LogP contribution in [-0.4, -0.2) is 36.1 Å². The number of rotatable bonds is 4. The van der Waals surface area contributed by atoms with Crippen molar-refractivity contribution in [1.29, 1.82) is 0 Å². The first kappa shape index (κ1) is 20.5. The fraction of sp³-hybridized carbons (Fsp3) is 0.474. The summed E-state index contributed by atoms with van der Waals surface area (Å²) >= 11 is 0. The zero-order valence-corrected chi connectivity index (χ0v) is 15.5. The minimum absolute atomic E-state index is 0.0144. The molecular formula is C19H26N2O4. The van der Waals surface area contributed by atoms with Gasteiger partial charge in [-0.05, 0) is 29.5 Å². The lowest BCUT2D eigenvalue weighted by atomic mass is 9.85. The lowest BCUT2D eigenvalue weighted by molar-refractivity contribution is -0.125. The molecule has 6 nitrogen and oxygen atoms in total. The van der Waals surface area contributed by atoms with Gasteiger partial charge >= 0.3 is 0 Å². The lowest BCUT2D eigenvalue weighted by Crippen LogP contribution is -2.24. The fourth-order valence-electron chi connectivity index (χ4n) is 2.30. The first-order chi connectivity index (χ1) is 11.6. The van der Waals surface area contributed by atoms with Crippen LogP contribution in [0.15, 0.2) is 18.2 Å². The molecule has 2 rings (SSSR count). The quantitative estimate of drug-likeness (QED) is 0.671. The molecular weight excluding hydrogens is 320 g/mol. The molecule has 0 saturated heterocycles. The first-order valence-electron chi connectivity index (χ1n) is 8.33. The molecule has 1 N–H and O–H groups in total. The Bertz CT molecular complexity index is 674. The van der Waals surface area contributed by atoms with Crippen LogP contribution < -0.4 is 5.32 Å². The molecule has 4 amide bonds. The molecule has 1 aliphatic heterocycles. The van der Waals surface area contributed by atoms with Crippen LogP contribution in [0.4, 0.5) is 0 Å². The highest BCUT2D eigenvalue weighted by molar-refractivity contribution is 6.21. The summed E-state index contributed by atoms with van der Waals surface area (Å²) in [4.78, 5) is 44.7. The Hall–Kier alpha value is -2.50. The van der Waals surface area contributed by atoms with Gasteiger partial charge in [0.15, 0.2) is 0 Å². The number of fused-ring (bicyclic) bond motifs is 1. The van der Waals surface area contributed by atoms with Gasteiger partial charge in [-0.15, -0.1) is 0 Å². The highest BCUT2D eigenvalue weighted by Gasteiger charge is 2.33. The van der Waals surface area contributed by atoms with E-state index in [9.17, 15) is 19.2 Å². The summed E-state index contributed by atoms with van der Waals surface area (Å²) in [5.41, 5.74) is 2.10. The van der Waals surface area contributed by atoms with Gasteiger partial charge in [0.05, 0.1) is 11.1 Å². The van der Waals surface area contributed by atoms with E-state index in [1.165, 1.54) is 7.05 Å². The smallest absolute Gasteiger partial charge is 0.261 e. The van der Waals surface area contributed by atoms with E-state index < -0.39 is 0 Å². The summed E-state index contributed by atoms with van der Waals surface area (Å²) in [7, 11) is 1.52. The fourth-order valence-corrected chi connectivity index (χ4v) is 2.30. The number of hydrogen-bond acceptors (Lipinski definition) is 4. The average molecular weight is 346 g/mol. The van der Waals surface area contributed by atoms with Gasteiger partial charge in [0.1, 0.15) is 0 Å². The maximum absolute atomic E-state index is 11.8. The van der Waals surface area contributed by atoms with E-state index in [0.29, 0.717) is 24.0 Å². The van der Waals surface area contributed by atoms with Crippen molar-refractivity contribution < 1.29 is 19.2 Å². The monoisotopic (exact) mass is 346 g/mol. The number of unbranched alkanes of at least 4 members (excludes halogenated alkanes) is 1. The molecule has 0 saturated carbocycles. The Morgan fingerprint density at radius 2 is 1.76 bits per heavy atom. The van der Waals surface area contributed by atoms with Crippen molar-refractivity contribution in [3.05, 3.63) is 34.9 Å². The van der Waals surface area contributed by atoms with E-state index in [1.807, 2.05) is 19.1 Å². The van der Waals surface area contributed by atoms with Crippen LogP contribution in [-0.2, 0) is 15.0 Å². The number of carbonyl (C=O) groups is 4. The van der Waals surface area contributed by atoms with E-state index in [1.54, 1.807) is 6.07 Å². The second kappa shape index (κ2) is 8.55. The third-order valence-corrected chi connectivity index (χ3v) is 3.93. The predicted octanol–water partition coefficient (Wildman–Crippen LogP) is 2.66. The zero-order chi connectivity index (χ0) is 19.2. The Morgan fingerprint density at radius 1 is 1.16 bits per heavy atom. The summed E-state index contributed by atoms with van der Waals surface area (Å²) in [6.45, 7) is 8.24. The summed E-state index contributed by atoms with van der Waals surface area (Å²) < 4.78 is 0. The van der Waals surface area contributed by atoms with Gasteiger partial charge < -0.3 is 0 Å². The van der Waals surface area contributed by atoms with Gasteiger partial charge in [0.25, 0.3) is 11.8 Å². The first-order valence-corrected chi connectivity index (χ1v) is 8.33. The van der Waals surface area contributed by atoms with Crippen LogP contribution in [0.1, 0.15) is 73.2 Å². The normalized spacial score (nSPS) is 13.1. The van der Waals surface area contributed by atoms with Crippen LogP contribution in [0.25, 0.3) is 0 Å². The average Bonchev–Trinajstić information content (AvgIpc) is 2.77. The Morgan fingerprint density at radius 3 is 2.28 bits per heavy atom. The lowest BCUT2D eigenvalue weighted by Gasteiger charge is -2.19. The molecule has 1 heterocycles. The van der Waals surface area contributed by atoms with Crippen molar-refractivity contribution in [2.45, 2.75) is 52.4 Å². The van der Waals surface area contributed by atoms with Crippen molar-refractivity contribution >= 4 is 24.1 Å². The van der Waals surface area contributed by atoms with E-state index in [0.717, 1.165) is 23.3 Å². The number of carbonyl (C=O) groups excluding carboxylic acids is 4. The molecule has 0 spiro atoms. The third kappa shape index (κ3) is 5.24. The van der Waals surface area contributed by atoms with Crippen molar-refractivity contribution in [2.24, 2.45) is 0 Å². The molecule has 6 heteroatoms. The molecule has 136 valence electrons. The van der Waals surface area contributed by atoms with Crippen LogP contribution >= 0.6 is 0 Å². The highest BCUT2D eigenvalue weighted by Crippen LogP contribution is 2.28. The summed E-state index contributed by atoms with van der Waals surface area (Å²) in [6.07, 6.45) is 2.69. The molecule has 25 heavy (non-hydrogen) atoms. The summed E-state index contributed by atoms with van der Waals surface area (Å²) in [5, 5.41) is 2.06. The van der Waals surface area contributed by atoms with E-state index in [2.05, 4.69) is 26.1 Å². The van der Waals surface area contributed by atoms with Crippen LogP contribution in [0.5, 0.6) is 0 Å². The van der Waals surface area contributed by atoms with Crippen molar-refractivity contribution in [2.75, 3.05) is 7.05 Å². The van der Waals surface area contributed by atoms with Gasteiger partial charge in [-0.1, -0.05) is 40.2 Å². The molecule has 1 aromatic rings. The Kier molecular flexibility index (Phi) is 7.03. The molecule has 0 radical (unpaired) electrons. The topological polar surface area (TPSA) is 83.6 Å². The number of amides is 4. The molecule has 0 unspecified atom stereocenters. The van der Waals surface area contributed by atoms with Crippen LogP contribution in [0.3, 0.4) is 0 Å². The van der Waals surface area contributed by atoms with Crippen molar-refractivity contribution in [3.63, 3.8) is 0 Å². The second-order valence-electron chi connectivity index (χ2n) is 6.97. The van der Waals surface area contributed by atoms with Crippen LogP contribution in [0, 0.1) is 0 Å². The van der Waals surface area contributed by atoms with Crippen molar-refractivity contribution in [1.82, 2.24) is 10.2 Å². The Balaban J connectivity index is 0.000000299. The molecule has 1 aromatic carbocycles. The zero-order valence-electron chi connectivity index (χ0n) is 15.5. The maximum Gasteiger partial charge on any atom is 0.261 e. The van der Waals surface area contributed by atoms with Gasteiger partial charge in [-0.2, -0.15) is 0 Å². The SMILES string of the molecule is CCCCC(=O)NC=O.CN1C(=O)c2ccc(C(C)(C)C)cc2C1=O. The second-order valence-corrected chi connectivity index (χ2v) is 6.97. The third-order valence-electron chi connectivity index (χ3n) is 3.93. The van der Waals surface area contributed by atoms with E-state index in [-0.39, 0.29) is 23.1 Å².